The van der Waals surface area contributed by atoms with E-state index in [1.807, 2.05) is 31.3 Å². The van der Waals surface area contributed by atoms with Gasteiger partial charge in [-0.3, -0.25) is 10.1 Å². The summed E-state index contributed by atoms with van der Waals surface area (Å²) in [7, 11) is 3.48. The number of hydrogen-bond acceptors (Lipinski definition) is 5. The highest BCUT2D eigenvalue weighted by molar-refractivity contribution is 5.94. The Morgan fingerprint density at radius 2 is 1.90 bits per heavy atom. The molecule has 6 nitrogen and oxygen atoms in total. The molecule has 0 radical (unpaired) electrons. The van der Waals surface area contributed by atoms with Crippen LogP contribution in [0, 0.1) is 10.1 Å². The van der Waals surface area contributed by atoms with Crippen molar-refractivity contribution < 1.29 is 14.4 Å². The van der Waals surface area contributed by atoms with Gasteiger partial charge in [-0.05, 0) is 54.5 Å². The topological polar surface area (TPSA) is 64.8 Å². The second-order valence-corrected chi connectivity index (χ2v) is 8.32. The summed E-state index contributed by atoms with van der Waals surface area (Å²) in [6.45, 7) is 4.26. The molecule has 30 heavy (non-hydrogen) atoms. The molecule has 152 valence electrons. The van der Waals surface area contributed by atoms with Crippen LogP contribution in [0.5, 0.6) is 11.5 Å². The second-order valence-electron chi connectivity index (χ2n) is 8.32. The highest BCUT2D eigenvalue weighted by Crippen LogP contribution is 2.57. The highest BCUT2D eigenvalue weighted by atomic mass is 16.6. The van der Waals surface area contributed by atoms with Crippen LogP contribution in [0.1, 0.15) is 25.0 Å². The Balaban J connectivity index is 1.74. The Labute approximate surface area is 174 Å². The standard InChI is InChI=1S/C24H22N2O4/c1-23(2)21-18-8-6-5-7-15(18)9-10-19(21)25(3)24(23)12-11-16-13-17(29-4)14-20(26(27)28)22(16)30-24/h5-14H,1-4H3/t24-/m1/s1. The van der Waals surface area contributed by atoms with Gasteiger partial charge >= 0.3 is 5.69 Å². The number of nitro groups is 1. The third kappa shape index (κ3) is 2.19. The lowest BCUT2D eigenvalue weighted by atomic mass is 9.75. The molecule has 0 aliphatic carbocycles. The first-order valence-electron chi connectivity index (χ1n) is 9.81. The zero-order chi connectivity index (χ0) is 21.3. The zero-order valence-corrected chi connectivity index (χ0v) is 17.3. The van der Waals surface area contributed by atoms with Crippen LogP contribution >= 0.6 is 0 Å². The molecule has 3 aromatic carbocycles. The average Bonchev–Trinajstić information content (AvgIpc) is 2.91. The monoisotopic (exact) mass is 402 g/mol. The summed E-state index contributed by atoms with van der Waals surface area (Å²) < 4.78 is 11.8. The molecule has 2 heterocycles. The molecule has 1 spiro atoms. The number of anilines is 1. The van der Waals surface area contributed by atoms with Gasteiger partial charge in [0.15, 0.2) is 0 Å². The van der Waals surface area contributed by atoms with Gasteiger partial charge in [0.25, 0.3) is 0 Å². The van der Waals surface area contributed by atoms with Crippen LogP contribution in [0.15, 0.2) is 54.6 Å². The quantitative estimate of drug-likeness (QED) is 0.431. The van der Waals surface area contributed by atoms with Gasteiger partial charge in [-0.15, -0.1) is 0 Å². The third-order valence-electron chi connectivity index (χ3n) is 6.54. The predicted octanol–water partition coefficient (Wildman–Crippen LogP) is 5.29. The van der Waals surface area contributed by atoms with Crippen molar-refractivity contribution in [2.24, 2.45) is 0 Å². The fourth-order valence-electron chi connectivity index (χ4n) is 4.98. The van der Waals surface area contributed by atoms with Gasteiger partial charge in [0.05, 0.1) is 23.5 Å². The van der Waals surface area contributed by atoms with Crippen molar-refractivity contribution in [3.8, 4) is 11.5 Å². The number of ether oxygens (including phenoxy) is 2. The van der Waals surface area contributed by atoms with Crippen LogP contribution < -0.4 is 14.4 Å². The van der Waals surface area contributed by atoms with Crippen LogP contribution in [-0.2, 0) is 5.41 Å². The molecule has 3 aromatic rings. The molecule has 0 unspecified atom stereocenters. The van der Waals surface area contributed by atoms with Crippen molar-refractivity contribution in [3.05, 3.63) is 75.8 Å². The first kappa shape index (κ1) is 18.5. The fraction of sp³-hybridized carbons (Fsp3) is 0.250. The molecule has 0 fully saturated rings. The van der Waals surface area contributed by atoms with E-state index in [1.165, 1.54) is 18.7 Å². The van der Waals surface area contributed by atoms with Crippen molar-refractivity contribution in [1.29, 1.82) is 0 Å². The molecule has 2 aliphatic rings. The lowest BCUT2D eigenvalue weighted by Gasteiger charge is -2.45. The van der Waals surface area contributed by atoms with Gasteiger partial charge in [0, 0.05) is 18.3 Å². The van der Waals surface area contributed by atoms with Gasteiger partial charge in [-0.2, -0.15) is 0 Å². The number of hydrogen-bond donors (Lipinski definition) is 0. The van der Waals surface area contributed by atoms with E-state index >= 15 is 0 Å². The summed E-state index contributed by atoms with van der Waals surface area (Å²) in [5.74, 6) is 0.693. The Kier molecular flexibility index (Phi) is 3.69. The summed E-state index contributed by atoms with van der Waals surface area (Å²) in [4.78, 5) is 13.5. The number of fused-ring (bicyclic) bond motifs is 4. The Bertz CT molecular complexity index is 1250. The molecule has 6 heteroatoms. The maximum absolute atomic E-state index is 11.8. The largest absolute Gasteiger partial charge is 0.496 e. The Hall–Kier alpha value is -3.54. The number of likely N-dealkylation sites (N-methyl/N-ethyl adjacent to an activating group) is 1. The minimum Gasteiger partial charge on any atom is -0.496 e. The van der Waals surface area contributed by atoms with Gasteiger partial charge in [0.1, 0.15) is 5.75 Å². The first-order chi connectivity index (χ1) is 14.3. The average molecular weight is 402 g/mol. The Morgan fingerprint density at radius 1 is 1.13 bits per heavy atom. The summed E-state index contributed by atoms with van der Waals surface area (Å²) >= 11 is 0. The molecule has 0 bridgehead atoms. The summed E-state index contributed by atoms with van der Waals surface area (Å²) in [6, 6.07) is 15.7. The summed E-state index contributed by atoms with van der Waals surface area (Å²) in [6.07, 6.45) is 3.91. The molecular weight excluding hydrogens is 380 g/mol. The zero-order valence-electron chi connectivity index (χ0n) is 17.3. The van der Waals surface area contributed by atoms with Crippen molar-refractivity contribution in [2.45, 2.75) is 25.0 Å². The SMILES string of the molecule is COc1cc2c(c([N+](=O)[O-])c1)O[C@@]1(C=C2)N(C)c2ccc3ccccc3c2C1(C)C. The van der Waals surface area contributed by atoms with Gasteiger partial charge in [-0.1, -0.05) is 30.3 Å². The molecule has 5 rings (SSSR count). The molecule has 0 saturated heterocycles. The third-order valence-corrected chi connectivity index (χ3v) is 6.54. The minimum absolute atomic E-state index is 0.0990. The van der Waals surface area contributed by atoms with E-state index < -0.39 is 16.1 Å². The van der Waals surface area contributed by atoms with Crippen LogP contribution in [-0.4, -0.2) is 24.8 Å². The van der Waals surface area contributed by atoms with E-state index in [1.54, 1.807) is 6.07 Å². The minimum atomic E-state index is -0.897. The molecule has 0 amide bonds. The fourth-order valence-corrected chi connectivity index (χ4v) is 4.98. The Morgan fingerprint density at radius 3 is 2.63 bits per heavy atom. The number of benzene rings is 3. The van der Waals surface area contributed by atoms with E-state index in [4.69, 9.17) is 9.47 Å². The number of nitro benzene ring substituents is 1. The van der Waals surface area contributed by atoms with Crippen LogP contribution in [0.25, 0.3) is 16.8 Å². The molecule has 1 atom stereocenters. The van der Waals surface area contributed by atoms with E-state index in [0.717, 1.165) is 16.5 Å². The maximum atomic E-state index is 11.8. The van der Waals surface area contributed by atoms with Crippen molar-refractivity contribution in [1.82, 2.24) is 0 Å². The number of nitrogens with zero attached hydrogens (tertiary/aromatic N) is 2. The van der Waals surface area contributed by atoms with E-state index in [9.17, 15) is 10.1 Å². The molecule has 0 N–H and O–H groups in total. The van der Waals surface area contributed by atoms with E-state index in [2.05, 4.69) is 43.0 Å². The van der Waals surface area contributed by atoms with Gasteiger partial charge in [-0.25, -0.2) is 0 Å². The van der Waals surface area contributed by atoms with E-state index in [-0.39, 0.29) is 11.4 Å². The van der Waals surface area contributed by atoms with Crippen LogP contribution in [0.4, 0.5) is 11.4 Å². The maximum Gasteiger partial charge on any atom is 0.315 e. The summed E-state index contributed by atoms with van der Waals surface area (Å²) in [5, 5.41) is 14.1. The normalized spacial score (nSPS) is 20.7. The number of methoxy groups -OCH3 is 1. The summed E-state index contributed by atoms with van der Waals surface area (Å²) in [5.41, 5.74) is 1.40. The molecule has 0 saturated carbocycles. The van der Waals surface area contributed by atoms with Gasteiger partial charge < -0.3 is 14.4 Å². The van der Waals surface area contributed by atoms with Crippen molar-refractivity contribution in [2.75, 3.05) is 19.1 Å². The number of rotatable bonds is 2. The van der Waals surface area contributed by atoms with Gasteiger partial charge in [0.2, 0.25) is 11.5 Å². The second kappa shape index (κ2) is 5.98. The lowest BCUT2D eigenvalue weighted by Crippen LogP contribution is -2.58. The van der Waals surface area contributed by atoms with Crippen molar-refractivity contribution in [3.63, 3.8) is 0 Å². The van der Waals surface area contributed by atoms with Crippen LogP contribution in [0.2, 0.25) is 0 Å². The van der Waals surface area contributed by atoms with E-state index in [0.29, 0.717) is 11.3 Å². The first-order valence-corrected chi connectivity index (χ1v) is 9.81. The predicted molar refractivity (Wildman–Crippen MR) is 117 cm³/mol. The lowest BCUT2D eigenvalue weighted by molar-refractivity contribution is -0.386. The highest BCUT2D eigenvalue weighted by Gasteiger charge is 2.59. The molecule has 0 aromatic heterocycles. The van der Waals surface area contributed by atoms with Crippen LogP contribution in [0.3, 0.4) is 0 Å². The smallest absolute Gasteiger partial charge is 0.315 e. The molecule has 2 aliphatic heterocycles. The molecular formula is C24H22N2O4. The van der Waals surface area contributed by atoms with Crippen molar-refractivity contribution >= 4 is 28.2 Å².